The van der Waals surface area contributed by atoms with Crippen LogP contribution in [0.2, 0.25) is 0 Å². The van der Waals surface area contributed by atoms with Crippen molar-refractivity contribution in [3.8, 4) is 0 Å². The summed E-state index contributed by atoms with van der Waals surface area (Å²) in [6, 6.07) is 3.56. The Morgan fingerprint density at radius 3 is 2.68 bits per heavy atom. The van der Waals surface area contributed by atoms with Crippen LogP contribution in [-0.4, -0.2) is 27.9 Å². The van der Waals surface area contributed by atoms with Crippen molar-refractivity contribution in [3.63, 3.8) is 0 Å². The van der Waals surface area contributed by atoms with Gasteiger partial charge in [-0.05, 0) is 32.8 Å². The molecule has 5 nitrogen and oxygen atoms in total. The van der Waals surface area contributed by atoms with Crippen LogP contribution >= 0.6 is 11.3 Å². The highest BCUT2D eigenvalue weighted by Crippen LogP contribution is 2.38. The van der Waals surface area contributed by atoms with E-state index in [1.807, 2.05) is 6.07 Å². The average molecular weight is 316 g/mol. The third kappa shape index (κ3) is 2.56. The second-order valence-electron chi connectivity index (χ2n) is 6.46. The number of anilines is 1. The van der Waals surface area contributed by atoms with Crippen molar-refractivity contribution in [3.05, 3.63) is 38.8 Å². The molecule has 0 radical (unpaired) electrons. The first kappa shape index (κ1) is 13.9. The minimum atomic E-state index is 0.0174. The number of hydrogen-bond donors (Lipinski definition) is 0. The van der Waals surface area contributed by atoms with E-state index in [4.69, 9.17) is 0 Å². The second kappa shape index (κ2) is 5.19. The molecule has 0 N–H and O–H groups in total. The van der Waals surface area contributed by atoms with Crippen molar-refractivity contribution < 1.29 is 0 Å². The fraction of sp³-hybridized carbons (Fsp3) is 0.562. The van der Waals surface area contributed by atoms with Gasteiger partial charge in [0.2, 0.25) is 0 Å². The van der Waals surface area contributed by atoms with Gasteiger partial charge in [-0.15, -0.1) is 11.3 Å². The van der Waals surface area contributed by atoms with Crippen LogP contribution in [-0.2, 0) is 6.54 Å². The number of hydrogen-bond acceptors (Lipinski definition) is 5. The Labute approximate surface area is 133 Å². The molecule has 4 rings (SSSR count). The monoisotopic (exact) mass is 316 g/mol. The average Bonchev–Trinajstić information content (AvgIpc) is 3.23. The molecule has 0 aromatic carbocycles. The summed E-state index contributed by atoms with van der Waals surface area (Å²) >= 11 is 1.76. The number of aryl methyl sites for hydroxylation is 2. The first-order chi connectivity index (χ1) is 10.6. The predicted octanol–water partition coefficient (Wildman–Crippen LogP) is 2.33. The fourth-order valence-electron chi connectivity index (χ4n) is 2.87. The van der Waals surface area contributed by atoms with Gasteiger partial charge >= 0.3 is 0 Å². The molecule has 22 heavy (non-hydrogen) atoms. The molecule has 0 unspecified atom stereocenters. The summed E-state index contributed by atoms with van der Waals surface area (Å²) in [5, 5.41) is 5.65. The summed E-state index contributed by atoms with van der Waals surface area (Å²) in [6.45, 7) is 6.82. The lowest BCUT2D eigenvalue weighted by molar-refractivity contribution is 0.333. The number of aromatic nitrogens is 3. The minimum absolute atomic E-state index is 0.0174. The van der Waals surface area contributed by atoms with Crippen molar-refractivity contribution >= 4 is 16.5 Å². The molecule has 0 spiro atoms. The number of thiazole rings is 1. The SMILES string of the molecule is Cc1nc(N2CC(Cn3nc(C4CC4)ccc3=O)C2)sc1C. The Morgan fingerprint density at radius 2 is 2.05 bits per heavy atom. The zero-order chi connectivity index (χ0) is 15.3. The summed E-state index contributed by atoms with van der Waals surface area (Å²) in [6.07, 6.45) is 2.43. The molecular weight excluding hydrogens is 296 g/mol. The van der Waals surface area contributed by atoms with Gasteiger partial charge in [-0.1, -0.05) is 0 Å². The third-order valence-corrected chi connectivity index (χ3v) is 5.69. The molecule has 6 heteroatoms. The lowest BCUT2D eigenvalue weighted by Crippen LogP contribution is -2.49. The van der Waals surface area contributed by atoms with Crippen molar-refractivity contribution in [2.24, 2.45) is 5.92 Å². The zero-order valence-electron chi connectivity index (χ0n) is 13.0. The van der Waals surface area contributed by atoms with Crippen LogP contribution in [0.5, 0.6) is 0 Å². The van der Waals surface area contributed by atoms with Crippen molar-refractivity contribution in [1.82, 2.24) is 14.8 Å². The summed E-state index contributed by atoms with van der Waals surface area (Å²) in [7, 11) is 0. The second-order valence-corrected chi connectivity index (χ2v) is 7.64. The van der Waals surface area contributed by atoms with E-state index < -0.39 is 0 Å². The zero-order valence-corrected chi connectivity index (χ0v) is 13.8. The molecule has 2 aromatic rings. The van der Waals surface area contributed by atoms with Gasteiger partial charge in [0.05, 0.1) is 17.9 Å². The summed E-state index contributed by atoms with van der Waals surface area (Å²) < 4.78 is 1.66. The number of rotatable bonds is 4. The van der Waals surface area contributed by atoms with Gasteiger partial charge in [-0.25, -0.2) is 9.67 Å². The van der Waals surface area contributed by atoms with Crippen molar-refractivity contribution in [2.75, 3.05) is 18.0 Å². The summed E-state index contributed by atoms with van der Waals surface area (Å²) in [5.41, 5.74) is 2.23. The lowest BCUT2D eigenvalue weighted by atomic mass is 10.0. The van der Waals surface area contributed by atoms with E-state index in [0.29, 0.717) is 11.8 Å². The van der Waals surface area contributed by atoms with Gasteiger partial charge < -0.3 is 4.90 Å². The Balaban J connectivity index is 1.41. The highest BCUT2D eigenvalue weighted by atomic mass is 32.1. The highest BCUT2D eigenvalue weighted by molar-refractivity contribution is 7.15. The van der Waals surface area contributed by atoms with E-state index in [1.165, 1.54) is 17.7 Å². The topological polar surface area (TPSA) is 51.0 Å². The molecule has 0 amide bonds. The van der Waals surface area contributed by atoms with Gasteiger partial charge in [-0.3, -0.25) is 4.79 Å². The van der Waals surface area contributed by atoms with Crippen LogP contribution in [0.15, 0.2) is 16.9 Å². The van der Waals surface area contributed by atoms with Gasteiger partial charge in [-0.2, -0.15) is 5.10 Å². The van der Waals surface area contributed by atoms with Crippen molar-refractivity contribution in [1.29, 1.82) is 0 Å². The molecule has 3 heterocycles. The lowest BCUT2D eigenvalue weighted by Gasteiger charge is -2.39. The van der Waals surface area contributed by atoms with E-state index in [-0.39, 0.29) is 5.56 Å². The van der Waals surface area contributed by atoms with Crippen molar-refractivity contribution in [2.45, 2.75) is 39.2 Å². The molecule has 0 atom stereocenters. The van der Waals surface area contributed by atoms with Crippen LogP contribution in [0, 0.1) is 19.8 Å². The molecule has 0 bridgehead atoms. The van der Waals surface area contributed by atoms with Crippen LogP contribution in [0.1, 0.15) is 35.0 Å². The van der Waals surface area contributed by atoms with Gasteiger partial charge in [0.1, 0.15) is 0 Å². The molecule has 116 valence electrons. The highest BCUT2D eigenvalue weighted by Gasteiger charge is 2.31. The third-order valence-electron chi connectivity index (χ3n) is 4.56. The van der Waals surface area contributed by atoms with E-state index in [1.54, 1.807) is 22.1 Å². The van der Waals surface area contributed by atoms with Crippen LogP contribution in [0.3, 0.4) is 0 Å². The molecule has 1 aliphatic heterocycles. The first-order valence-corrected chi connectivity index (χ1v) is 8.69. The first-order valence-electron chi connectivity index (χ1n) is 7.87. The molecule has 1 saturated carbocycles. The van der Waals surface area contributed by atoms with E-state index in [0.717, 1.165) is 36.2 Å². The summed E-state index contributed by atoms with van der Waals surface area (Å²) in [4.78, 5) is 20.1. The molecule has 2 aliphatic rings. The normalized spacial score (nSPS) is 18.5. The molecule has 1 aliphatic carbocycles. The van der Waals surface area contributed by atoms with Gasteiger partial charge in [0.25, 0.3) is 5.56 Å². The van der Waals surface area contributed by atoms with Crippen LogP contribution < -0.4 is 10.5 Å². The Kier molecular flexibility index (Phi) is 3.29. The maximum Gasteiger partial charge on any atom is 0.266 e. The van der Waals surface area contributed by atoms with Crippen LogP contribution in [0.4, 0.5) is 5.13 Å². The quantitative estimate of drug-likeness (QED) is 0.869. The maximum atomic E-state index is 12.0. The van der Waals surface area contributed by atoms with Gasteiger partial charge in [0.15, 0.2) is 5.13 Å². The van der Waals surface area contributed by atoms with E-state index >= 15 is 0 Å². The fourth-order valence-corrected chi connectivity index (χ4v) is 3.80. The van der Waals surface area contributed by atoms with Crippen LogP contribution in [0.25, 0.3) is 0 Å². The maximum absolute atomic E-state index is 12.0. The smallest absolute Gasteiger partial charge is 0.266 e. The standard InChI is InChI=1S/C16H20N4OS/c1-10-11(2)22-16(17-10)19-7-12(8-19)9-20-15(21)6-5-14(18-20)13-3-4-13/h5-6,12-13H,3-4,7-9H2,1-2H3. The Morgan fingerprint density at radius 1 is 1.27 bits per heavy atom. The minimum Gasteiger partial charge on any atom is -0.347 e. The van der Waals surface area contributed by atoms with E-state index in [2.05, 4.69) is 28.8 Å². The number of nitrogens with zero attached hydrogens (tertiary/aromatic N) is 4. The molecule has 2 aromatic heterocycles. The largest absolute Gasteiger partial charge is 0.347 e. The van der Waals surface area contributed by atoms with E-state index in [9.17, 15) is 4.79 Å². The Hall–Kier alpha value is -1.69. The Bertz CT molecular complexity index is 736. The summed E-state index contributed by atoms with van der Waals surface area (Å²) in [5.74, 6) is 1.08. The molecule has 1 saturated heterocycles. The van der Waals surface area contributed by atoms with Gasteiger partial charge in [0, 0.05) is 35.9 Å². The predicted molar refractivity (Wildman–Crippen MR) is 87.8 cm³/mol. The molecular formula is C16H20N4OS. The molecule has 2 fully saturated rings.